The number of amides is 1. The summed E-state index contributed by atoms with van der Waals surface area (Å²) in [6, 6.07) is 6.06. The fourth-order valence-corrected chi connectivity index (χ4v) is 4.20. The van der Waals surface area contributed by atoms with Crippen LogP contribution in [0.1, 0.15) is 36.7 Å². The van der Waals surface area contributed by atoms with Gasteiger partial charge in [-0.25, -0.2) is 14.7 Å². The molecule has 4 rings (SSSR count). The van der Waals surface area contributed by atoms with Crippen LogP contribution in [0.2, 0.25) is 0 Å². The Bertz CT molecular complexity index is 946. The molecule has 0 saturated carbocycles. The maximum atomic E-state index is 12.6. The lowest BCUT2D eigenvalue weighted by molar-refractivity contribution is -0.142. The second-order valence-electron chi connectivity index (χ2n) is 8.35. The number of piperazine rings is 1. The Balaban J connectivity index is 0.00000306. The number of rotatable bonds is 5. The number of nitrogens with one attached hydrogen (secondary N) is 1. The minimum atomic E-state index is -0.242. The third-order valence-corrected chi connectivity index (χ3v) is 5.88. The number of nitrogens with zero attached hydrogens (tertiary/aromatic N) is 6. The van der Waals surface area contributed by atoms with Crippen molar-refractivity contribution in [1.29, 1.82) is 0 Å². The number of carbonyl (C=O) groups excluding carboxylic acids is 1. The van der Waals surface area contributed by atoms with Gasteiger partial charge in [0.05, 0.1) is 12.2 Å². The predicted molar refractivity (Wildman–Crippen MR) is 138 cm³/mol. The lowest BCUT2D eigenvalue weighted by atomic mass is 10.2. The fraction of sp³-hybridized carbons (Fsp3) is 0.565. The highest BCUT2D eigenvalue weighted by molar-refractivity contribution is 14.0. The number of aliphatic imine (C=N–C) groups is 1. The van der Waals surface area contributed by atoms with E-state index in [1.54, 1.807) is 0 Å². The largest absolute Gasteiger partial charge is 0.368 e. The van der Waals surface area contributed by atoms with E-state index in [9.17, 15) is 4.79 Å². The molecule has 1 amide bonds. The van der Waals surface area contributed by atoms with Crippen LogP contribution < -0.4 is 5.32 Å². The van der Waals surface area contributed by atoms with Crippen molar-refractivity contribution >= 4 is 35.8 Å². The van der Waals surface area contributed by atoms with Crippen molar-refractivity contribution in [3.63, 3.8) is 0 Å². The van der Waals surface area contributed by atoms with Crippen molar-refractivity contribution in [3.8, 4) is 5.82 Å². The summed E-state index contributed by atoms with van der Waals surface area (Å²) >= 11 is 0. The average molecular weight is 567 g/mol. The summed E-state index contributed by atoms with van der Waals surface area (Å²) < 4.78 is 7.41. The van der Waals surface area contributed by atoms with Crippen LogP contribution in [0, 0.1) is 13.8 Å². The van der Waals surface area contributed by atoms with Gasteiger partial charge in [0.2, 0.25) is 0 Å². The lowest BCUT2D eigenvalue weighted by Crippen LogP contribution is -2.55. The van der Waals surface area contributed by atoms with Crippen molar-refractivity contribution in [2.24, 2.45) is 4.99 Å². The monoisotopic (exact) mass is 567 g/mol. The van der Waals surface area contributed by atoms with E-state index in [2.05, 4.69) is 27.2 Å². The molecule has 1 atom stereocenters. The summed E-state index contributed by atoms with van der Waals surface area (Å²) in [7, 11) is 0. The van der Waals surface area contributed by atoms with E-state index in [1.165, 1.54) is 0 Å². The van der Waals surface area contributed by atoms with Crippen molar-refractivity contribution < 1.29 is 9.53 Å². The van der Waals surface area contributed by atoms with Crippen molar-refractivity contribution in [1.82, 2.24) is 29.9 Å². The molecule has 2 fully saturated rings. The van der Waals surface area contributed by atoms with Crippen LogP contribution in [0.4, 0.5) is 0 Å². The van der Waals surface area contributed by atoms with E-state index in [1.807, 2.05) is 47.8 Å². The maximum Gasteiger partial charge on any atom is 0.251 e. The maximum absolute atomic E-state index is 12.6. The molecule has 180 valence electrons. The van der Waals surface area contributed by atoms with Crippen LogP contribution in [0.5, 0.6) is 0 Å². The van der Waals surface area contributed by atoms with Crippen LogP contribution in [0.25, 0.3) is 5.82 Å². The van der Waals surface area contributed by atoms with E-state index in [4.69, 9.17) is 9.73 Å². The van der Waals surface area contributed by atoms with Gasteiger partial charge in [-0.05, 0) is 51.3 Å². The zero-order valence-electron chi connectivity index (χ0n) is 19.7. The molecule has 0 aromatic carbocycles. The molecule has 0 aliphatic carbocycles. The van der Waals surface area contributed by atoms with E-state index < -0.39 is 0 Å². The molecule has 1 N–H and O–H groups in total. The topological polar surface area (TPSA) is 87.9 Å². The normalized spacial score (nSPS) is 18.9. The van der Waals surface area contributed by atoms with E-state index >= 15 is 0 Å². The van der Waals surface area contributed by atoms with Gasteiger partial charge < -0.3 is 19.9 Å². The zero-order chi connectivity index (χ0) is 22.5. The molecular weight excluding hydrogens is 533 g/mol. The van der Waals surface area contributed by atoms with Gasteiger partial charge in [0.1, 0.15) is 6.10 Å². The third kappa shape index (κ3) is 6.23. The van der Waals surface area contributed by atoms with Crippen LogP contribution in [-0.2, 0) is 16.1 Å². The van der Waals surface area contributed by atoms with Crippen LogP contribution in [0.3, 0.4) is 0 Å². The van der Waals surface area contributed by atoms with Gasteiger partial charge in [-0.2, -0.15) is 5.10 Å². The molecule has 4 heterocycles. The average Bonchev–Trinajstić information content (AvgIpc) is 3.46. The number of hydrogen-bond donors (Lipinski definition) is 1. The Hall–Kier alpha value is -2.21. The van der Waals surface area contributed by atoms with Crippen LogP contribution in [0.15, 0.2) is 29.4 Å². The van der Waals surface area contributed by atoms with Crippen molar-refractivity contribution in [3.05, 3.63) is 41.3 Å². The van der Waals surface area contributed by atoms with Gasteiger partial charge in [-0.1, -0.05) is 6.07 Å². The van der Waals surface area contributed by atoms with Gasteiger partial charge in [0.25, 0.3) is 5.91 Å². The molecule has 2 aromatic rings. The highest BCUT2D eigenvalue weighted by Gasteiger charge is 2.30. The molecule has 2 aromatic heterocycles. The van der Waals surface area contributed by atoms with Gasteiger partial charge in [0, 0.05) is 51.2 Å². The molecule has 2 aliphatic rings. The number of ether oxygens (including phenoxy) is 1. The number of hydrogen-bond acceptors (Lipinski definition) is 5. The molecule has 0 spiro atoms. The number of pyridine rings is 1. The lowest BCUT2D eigenvalue weighted by Gasteiger charge is -2.37. The number of aromatic nitrogens is 3. The Morgan fingerprint density at radius 3 is 2.55 bits per heavy atom. The standard InChI is InChI=1S/C23H33N7O2.HI/c1-4-24-23(29-11-9-28(10-12-29)22(31)20-6-5-13-32-20)26-16-19-7-8-21(25-15-19)30-18(3)14-17(2)27-30;/h7-8,14-15,20H,4-6,9-13,16H2,1-3H3,(H,24,26);1H. The summed E-state index contributed by atoms with van der Waals surface area (Å²) in [4.78, 5) is 26.1. The fourth-order valence-electron chi connectivity index (χ4n) is 4.20. The van der Waals surface area contributed by atoms with E-state index in [0.29, 0.717) is 26.2 Å². The first-order valence-corrected chi connectivity index (χ1v) is 11.5. The molecule has 2 aliphatic heterocycles. The van der Waals surface area contributed by atoms with Gasteiger partial charge in [-0.15, -0.1) is 24.0 Å². The molecule has 2 saturated heterocycles. The highest BCUT2D eigenvalue weighted by Crippen LogP contribution is 2.16. The molecule has 0 bridgehead atoms. The van der Waals surface area contributed by atoms with E-state index in [-0.39, 0.29) is 36.0 Å². The van der Waals surface area contributed by atoms with Gasteiger partial charge in [-0.3, -0.25) is 4.79 Å². The number of halogens is 1. The summed E-state index contributed by atoms with van der Waals surface area (Å²) in [5.41, 5.74) is 3.08. The molecule has 1 unspecified atom stereocenters. The SMILES string of the molecule is CCNC(=NCc1ccc(-n2nc(C)cc2C)nc1)N1CCN(C(=O)C2CCCO2)CC1.I. The Morgan fingerprint density at radius 1 is 1.21 bits per heavy atom. The summed E-state index contributed by atoms with van der Waals surface area (Å²) in [6.45, 7) is 11.0. The first-order valence-electron chi connectivity index (χ1n) is 11.5. The van der Waals surface area contributed by atoms with Crippen LogP contribution in [-0.4, -0.2) is 81.9 Å². The summed E-state index contributed by atoms with van der Waals surface area (Å²) in [5.74, 6) is 1.82. The number of carbonyl (C=O) groups is 1. The number of guanidine groups is 1. The second kappa shape index (κ2) is 11.8. The molecular formula is C23H34IN7O2. The van der Waals surface area contributed by atoms with Gasteiger partial charge in [0.15, 0.2) is 11.8 Å². The molecule has 0 radical (unpaired) electrons. The Labute approximate surface area is 212 Å². The smallest absolute Gasteiger partial charge is 0.251 e. The molecule has 33 heavy (non-hydrogen) atoms. The number of aryl methyl sites for hydroxylation is 2. The Kier molecular flexibility index (Phi) is 9.07. The highest BCUT2D eigenvalue weighted by atomic mass is 127. The molecule has 9 nitrogen and oxygen atoms in total. The predicted octanol–water partition coefficient (Wildman–Crippen LogP) is 2.29. The zero-order valence-corrected chi connectivity index (χ0v) is 22.0. The minimum Gasteiger partial charge on any atom is -0.368 e. The van der Waals surface area contributed by atoms with Crippen molar-refractivity contribution in [2.45, 2.75) is 46.3 Å². The van der Waals surface area contributed by atoms with Crippen LogP contribution >= 0.6 is 24.0 Å². The van der Waals surface area contributed by atoms with Crippen molar-refractivity contribution in [2.75, 3.05) is 39.3 Å². The third-order valence-electron chi connectivity index (χ3n) is 5.88. The second-order valence-corrected chi connectivity index (χ2v) is 8.35. The Morgan fingerprint density at radius 2 is 1.97 bits per heavy atom. The molecule has 10 heteroatoms. The first kappa shape index (κ1) is 25.4. The summed E-state index contributed by atoms with van der Waals surface area (Å²) in [6.07, 6.45) is 3.44. The first-order chi connectivity index (χ1) is 15.5. The van der Waals surface area contributed by atoms with E-state index in [0.717, 1.165) is 61.2 Å². The summed E-state index contributed by atoms with van der Waals surface area (Å²) in [5, 5.41) is 7.87. The van der Waals surface area contributed by atoms with Gasteiger partial charge >= 0.3 is 0 Å². The minimum absolute atomic E-state index is 0. The quantitative estimate of drug-likeness (QED) is 0.339.